The van der Waals surface area contributed by atoms with Gasteiger partial charge < -0.3 is 10.2 Å². The summed E-state index contributed by atoms with van der Waals surface area (Å²) in [5.41, 5.74) is 0.906. The van der Waals surface area contributed by atoms with Crippen LogP contribution in [0.2, 0.25) is 0 Å². The van der Waals surface area contributed by atoms with Gasteiger partial charge in [0.1, 0.15) is 5.82 Å². The van der Waals surface area contributed by atoms with E-state index in [0.29, 0.717) is 12.0 Å². The Morgan fingerprint density at radius 1 is 1.30 bits per heavy atom. The molecule has 20 heavy (non-hydrogen) atoms. The molecule has 1 N–H and O–H groups in total. The molecular formula is C17H25FN2. The first-order valence-electron chi connectivity index (χ1n) is 7.96. The molecule has 1 aliphatic heterocycles. The predicted molar refractivity (Wildman–Crippen MR) is 80.4 cm³/mol. The van der Waals surface area contributed by atoms with Crippen LogP contribution in [-0.4, -0.2) is 37.1 Å². The average molecular weight is 276 g/mol. The normalized spacial score (nSPS) is 30.4. The van der Waals surface area contributed by atoms with Gasteiger partial charge >= 0.3 is 0 Å². The van der Waals surface area contributed by atoms with Crippen molar-refractivity contribution < 1.29 is 4.39 Å². The second kappa shape index (κ2) is 6.23. The lowest BCUT2D eigenvalue weighted by molar-refractivity contribution is 0.267. The summed E-state index contributed by atoms with van der Waals surface area (Å²) in [5.74, 6) is 1.19. The molecule has 1 heterocycles. The van der Waals surface area contributed by atoms with E-state index in [0.717, 1.165) is 30.9 Å². The highest BCUT2D eigenvalue weighted by Crippen LogP contribution is 2.38. The smallest absolute Gasteiger partial charge is 0.126 e. The van der Waals surface area contributed by atoms with Crippen LogP contribution in [0.4, 0.5) is 4.39 Å². The second-order valence-electron chi connectivity index (χ2n) is 6.34. The Hall–Kier alpha value is -0.930. The molecule has 0 bridgehead atoms. The minimum atomic E-state index is -0.0367. The lowest BCUT2D eigenvalue weighted by Crippen LogP contribution is -2.42. The lowest BCUT2D eigenvalue weighted by Gasteiger charge is -2.37. The molecule has 2 fully saturated rings. The molecule has 1 aromatic carbocycles. The number of hydrogen-bond acceptors (Lipinski definition) is 2. The van der Waals surface area contributed by atoms with Gasteiger partial charge in [-0.15, -0.1) is 0 Å². The van der Waals surface area contributed by atoms with E-state index in [1.165, 1.54) is 26.1 Å². The van der Waals surface area contributed by atoms with Crippen LogP contribution < -0.4 is 5.32 Å². The van der Waals surface area contributed by atoms with E-state index in [9.17, 15) is 4.39 Å². The van der Waals surface area contributed by atoms with Gasteiger partial charge in [-0.1, -0.05) is 25.1 Å². The number of likely N-dealkylation sites (tertiary alicyclic amines) is 1. The van der Waals surface area contributed by atoms with Crippen molar-refractivity contribution in [1.29, 1.82) is 0 Å². The Bertz CT molecular complexity index is 442. The zero-order chi connectivity index (χ0) is 13.9. The summed E-state index contributed by atoms with van der Waals surface area (Å²) >= 11 is 0. The predicted octanol–water partition coefficient (Wildman–Crippen LogP) is 3.00. The van der Waals surface area contributed by atoms with Crippen molar-refractivity contribution in [2.45, 2.75) is 38.1 Å². The third-order valence-corrected chi connectivity index (χ3v) is 5.00. The number of halogens is 1. The molecule has 1 aliphatic carbocycles. The van der Waals surface area contributed by atoms with Crippen LogP contribution in [0.5, 0.6) is 0 Å². The molecule has 1 unspecified atom stereocenters. The number of rotatable bonds is 5. The second-order valence-corrected chi connectivity index (χ2v) is 6.34. The molecule has 0 radical (unpaired) electrons. The van der Waals surface area contributed by atoms with Crippen LogP contribution in [0, 0.1) is 11.7 Å². The van der Waals surface area contributed by atoms with Gasteiger partial charge in [-0.25, -0.2) is 4.39 Å². The topological polar surface area (TPSA) is 15.3 Å². The van der Waals surface area contributed by atoms with E-state index < -0.39 is 0 Å². The van der Waals surface area contributed by atoms with Crippen LogP contribution in [0.1, 0.15) is 37.7 Å². The summed E-state index contributed by atoms with van der Waals surface area (Å²) in [4.78, 5) is 2.52. The first-order valence-corrected chi connectivity index (χ1v) is 7.96. The number of hydrogen-bond donors (Lipinski definition) is 1. The van der Waals surface area contributed by atoms with Gasteiger partial charge in [0.05, 0.1) is 0 Å². The van der Waals surface area contributed by atoms with Crippen LogP contribution in [0.15, 0.2) is 24.3 Å². The Labute approximate surface area is 121 Å². The Balaban J connectivity index is 1.40. The standard InChI is InChI=1S/C17H25FN2/c1-2-20-8-7-13(12-20)11-19-15-9-14(10-15)16-5-3-4-6-17(16)18/h3-6,13-15,19H,2,7-12H2,1H3. The average Bonchev–Trinajstić information content (AvgIpc) is 2.87. The Morgan fingerprint density at radius 2 is 2.10 bits per heavy atom. The third kappa shape index (κ3) is 3.04. The number of benzene rings is 1. The SMILES string of the molecule is CCN1CCC(CNC2CC(c3ccccc3F)C2)C1. The summed E-state index contributed by atoms with van der Waals surface area (Å²) in [6.07, 6.45) is 3.50. The molecule has 1 atom stereocenters. The fourth-order valence-electron chi connectivity index (χ4n) is 3.54. The van der Waals surface area contributed by atoms with Crippen molar-refractivity contribution in [3.63, 3.8) is 0 Å². The molecule has 1 saturated carbocycles. The molecule has 1 aromatic rings. The minimum Gasteiger partial charge on any atom is -0.314 e. The van der Waals surface area contributed by atoms with Crippen molar-refractivity contribution in [2.75, 3.05) is 26.2 Å². The largest absolute Gasteiger partial charge is 0.314 e. The van der Waals surface area contributed by atoms with Gasteiger partial charge in [0.15, 0.2) is 0 Å². The minimum absolute atomic E-state index is 0.0367. The van der Waals surface area contributed by atoms with E-state index >= 15 is 0 Å². The van der Waals surface area contributed by atoms with Gasteiger partial charge in [0.25, 0.3) is 0 Å². The zero-order valence-electron chi connectivity index (χ0n) is 12.3. The first-order chi connectivity index (χ1) is 9.76. The van der Waals surface area contributed by atoms with Crippen molar-refractivity contribution in [1.82, 2.24) is 10.2 Å². The molecule has 2 aliphatic rings. The Kier molecular flexibility index (Phi) is 4.37. The molecule has 0 spiro atoms. The molecule has 3 heteroatoms. The molecule has 110 valence electrons. The van der Waals surface area contributed by atoms with E-state index in [4.69, 9.17) is 0 Å². The summed E-state index contributed by atoms with van der Waals surface area (Å²) in [5, 5.41) is 3.68. The molecular weight excluding hydrogens is 251 g/mol. The van der Waals surface area contributed by atoms with Crippen LogP contribution >= 0.6 is 0 Å². The lowest BCUT2D eigenvalue weighted by atomic mass is 9.75. The molecule has 1 saturated heterocycles. The van der Waals surface area contributed by atoms with E-state index in [2.05, 4.69) is 17.1 Å². The molecule has 0 amide bonds. The van der Waals surface area contributed by atoms with Crippen LogP contribution in [0.25, 0.3) is 0 Å². The quantitative estimate of drug-likeness (QED) is 0.889. The maximum Gasteiger partial charge on any atom is 0.126 e. The maximum atomic E-state index is 13.7. The maximum absolute atomic E-state index is 13.7. The Morgan fingerprint density at radius 3 is 2.80 bits per heavy atom. The molecule has 0 aromatic heterocycles. The van der Waals surface area contributed by atoms with Crippen LogP contribution in [-0.2, 0) is 0 Å². The van der Waals surface area contributed by atoms with Gasteiger partial charge in [0.2, 0.25) is 0 Å². The van der Waals surface area contributed by atoms with Gasteiger partial charge in [-0.2, -0.15) is 0 Å². The van der Waals surface area contributed by atoms with E-state index in [-0.39, 0.29) is 5.82 Å². The number of nitrogens with zero attached hydrogens (tertiary/aromatic N) is 1. The fourth-order valence-corrected chi connectivity index (χ4v) is 3.54. The summed E-state index contributed by atoms with van der Waals surface area (Å²) in [7, 11) is 0. The molecule has 2 nitrogen and oxygen atoms in total. The van der Waals surface area contributed by atoms with Crippen molar-refractivity contribution >= 4 is 0 Å². The monoisotopic (exact) mass is 276 g/mol. The summed E-state index contributed by atoms with van der Waals surface area (Å²) in [6.45, 7) is 7.04. The van der Waals surface area contributed by atoms with E-state index in [1.807, 2.05) is 12.1 Å². The van der Waals surface area contributed by atoms with Crippen molar-refractivity contribution in [3.8, 4) is 0 Å². The van der Waals surface area contributed by atoms with Gasteiger partial charge in [-0.3, -0.25) is 0 Å². The van der Waals surface area contributed by atoms with Crippen molar-refractivity contribution in [3.05, 3.63) is 35.6 Å². The van der Waals surface area contributed by atoms with Crippen LogP contribution in [0.3, 0.4) is 0 Å². The highest BCUT2D eigenvalue weighted by Gasteiger charge is 2.32. The highest BCUT2D eigenvalue weighted by atomic mass is 19.1. The van der Waals surface area contributed by atoms with Crippen molar-refractivity contribution in [2.24, 2.45) is 5.92 Å². The third-order valence-electron chi connectivity index (χ3n) is 5.00. The number of nitrogens with one attached hydrogen (secondary N) is 1. The van der Waals surface area contributed by atoms with Gasteiger partial charge in [-0.05, 0) is 62.4 Å². The highest BCUT2D eigenvalue weighted by molar-refractivity contribution is 5.24. The first kappa shape index (κ1) is 14.0. The van der Waals surface area contributed by atoms with E-state index in [1.54, 1.807) is 12.1 Å². The molecule has 3 rings (SSSR count). The van der Waals surface area contributed by atoms with Gasteiger partial charge in [0, 0.05) is 12.6 Å². The summed E-state index contributed by atoms with van der Waals surface area (Å²) < 4.78 is 13.7. The zero-order valence-corrected chi connectivity index (χ0v) is 12.3. The fraction of sp³-hybridized carbons (Fsp3) is 0.647. The summed E-state index contributed by atoms with van der Waals surface area (Å²) in [6, 6.07) is 7.82.